The number of unbranched alkanes of at least 4 members (excludes halogenated alkanes) is 13. The topological polar surface area (TPSA) is 25.8 Å². The summed E-state index contributed by atoms with van der Waals surface area (Å²) in [5.41, 5.74) is 4.34. The van der Waals surface area contributed by atoms with Gasteiger partial charge in [0.15, 0.2) is 0 Å². The first kappa shape index (κ1) is 26.9. The molecule has 0 amide bonds. The summed E-state index contributed by atoms with van der Waals surface area (Å²) >= 11 is 0. The van der Waals surface area contributed by atoms with Crippen molar-refractivity contribution >= 4 is 0 Å². The molecule has 1 atom stereocenters. The van der Waals surface area contributed by atoms with Gasteiger partial charge in [0.25, 0.3) is 0 Å². The van der Waals surface area contributed by atoms with Crippen LogP contribution in [0.5, 0.6) is 0 Å². The number of hydrogen-bond acceptors (Lipinski definition) is 2. The first-order chi connectivity index (χ1) is 16.8. The quantitative estimate of drug-likeness (QED) is 0.206. The minimum atomic E-state index is 0.0255. The van der Waals surface area contributed by atoms with Gasteiger partial charge in [0, 0.05) is 12.4 Å². The highest BCUT2D eigenvalue weighted by Crippen LogP contribution is 2.46. The molecule has 34 heavy (non-hydrogen) atoms. The Hall–Kier alpha value is -1.70. The second-order valence-electron chi connectivity index (χ2n) is 10.8. The summed E-state index contributed by atoms with van der Waals surface area (Å²) < 4.78 is 0. The SMILES string of the molecule is CCCCCCCCCCCc1cnc(C2(CCCCCCCC)CCc3ccccc32)nc1. The zero-order valence-corrected chi connectivity index (χ0v) is 22.3. The van der Waals surface area contributed by atoms with Crippen molar-refractivity contribution < 1.29 is 0 Å². The lowest BCUT2D eigenvalue weighted by atomic mass is 9.76. The number of rotatable bonds is 18. The van der Waals surface area contributed by atoms with Crippen molar-refractivity contribution in [2.45, 2.75) is 141 Å². The van der Waals surface area contributed by atoms with Crippen LogP contribution in [-0.2, 0) is 18.3 Å². The summed E-state index contributed by atoms with van der Waals surface area (Å²) in [7, 11) is 0. The van der Waals surface area contributed by atoms with Crippen LogP contribution in [0, 0.1) is 0 Å². The van der Waals surface area contributed by atoms with Gasteiger partial charge in [-0.05, 0) is 48.8 Å². The lowest BCUT2D eigenvalue weighted by molar-refractivity contribution is 0.414. The fourth-order valence-electron chi connectivity index (χ4n) is 5.87. The van der Waals surface area contributed by atoms with E-state index in [4.69, 9.17) is 9.97 Å². The van der Waals surface area contributed by atoms with Crippen molar-refractivity contribution in [1.29, 1.82) is 0 Å². The molecule has 1 aromatic carbocycles. The molecule has 0 bridgehead atoms. The average molecular weight is 463 g/mol. The van der Waals surface area contributed by atoms with Crippen LogP contribution < -0.4 is 0 Å². The van der Waals surface area contributed by atoms with Gasteiger partial charge in [-0.3, -0.25) is 0 Å². The maximum Gasteiger partial charge on any atom is 0.138 e. The average Bonchev–Trinajstić information content (AvgIpc) is 3.25. The molecule has 0 aliphatic heterocycles. The van der Waals surface area contributed by atoms with E-state index in [0.29, 0.717) is 0 Å². The van der Waals surface area contributed by atoms with E-state index >= 15 is 0 Å². The van der Waals surface area contributed by atoms with Crippen molar-refractivity contribution in [3.63, 3.8) is 0 Å². The second-order valence-corrected chi connectivity index (χ2v) is 10.8. The van der Waals surface area contributed by atoms with Crippen molar-refractivity contribution in [3.05, 3.63) is 59.2 Å². The van der Waals surface area contributed by atoms with Gasteiger partial charge < -0.3 is 0 Å². The van der Waals surface area contributed by atoms with Crippen LogP contribution in [0.25, 0.3) is 0 Å². The molecule has 1 aliphatic rings. The number of nitrogens with zero attached hydrogens (tertiary/aromatic N) is 2. The molecule has 188 valence electrons. The van der Waals surface area contributed by atoms with Crippen molar-refractivity contribution in [3.8, 4) is 0 Å². The van der Waals surface area contributed by atoms with Crippen LogP contribution >= 0.6 is 0 Å². The molecule has 0 spiro atoms. The zero-order chi connectivity index (χ0) is 23.9. The van der Waals surface area contributed by atoms with Gasteiger partial charge in [-0.15, -0.1) is 0 Å². The third kappa shape index (κ3) is 7.92. The van der Waals surface area contributed by atoms with Crippen LogP contribution in [0.4, 0.5) is 0 Å². The molecule has 0 fully saturated rings. The Morgan fingerprint density at radius 1 is 0.676 bits per heavy atom. The van der Waals surface area contributed by atoms with Crippen molar-refractivity contribution in [2.24, 2.45) is 0 Å². The van der Waals surface area contributed by atoms with Crippen molar-refractivity contribution in [2.75, 3.05) is 0 Å². The molecule has 2 nitrogen and oxygen atoms in total. The van der Waals surface area contributed by atoms with Gasteiger partial charge in [0.2, 0.25) is 0 Å². The van der Waals surface area contributed by atoms with E-state index < -0.39 is 0 Å². The minimum Gasteiger partial charge on any atom is -0.240 e. The molecule has 2 aromatic rings. The number of fused-ring (bicyclic) bond motifs is 1. The standard InChI is InChI=1S/C32H50N2/c1-3-5-7-9-11-12-13-14-16-20-28-26-33-31(34-27-28)32(24-19-15-10-8-6-4-2)25-23-29-21-17-18-22-30(29)32/h17-18,21-22,26-27H,3-16,19-20,23-25H2,1-2H3. The summed E-state index contributed by atoms with van der Waals surface area (Å²) in [5, 5.41) is 0. The Kier molecular flexibility index (Phi) is 12.1. The molecule has 1 aliphatic carbocycles. The number of hydrogen-bond donors (Lipinski definition) is 0. The maximum absolute atomic E-state index is 5.01. The van der Waals surface area contributed by atoms with Crippen LogP contribution in [0.3, 0.4) is 0 Å². The predicted molar refractivity (Wildman–Crippen MR) is 146 cm³/mol. The number of aromatic nitrogens is 2. The van der Waals surface area contributed by atoms with E-state index in [1.54, 1.807) is 0 Å². The third-order valence-corrected chi connectivity index (χ3v) is 8.01. The maximum atomic E-state index is 5.01. The Morgan fingerprint density at radius 3 is 1.88 bits per heavy atom. The first-order valence-corrected chi connectivity index (χ1v) is 14.7. The Balaban J connectivity index is 1.52. The monoisotopic (exact) mass is 462 g/mol. The lowest BCUT2D eigenvalue weighted by Crippen LogP contribution is -2.27. The highest BCUT2D eigenvalue weighted by molar-refractivity contribution is 5.44. The van der Waals surface area contributed by atoms with E-state index in [1.165, 1.54) is 126 Å². The van der Waals surface area contributed by atoms with Gasteiger partial charge >= 0.3 is 0 Å². The molecule has 1 heterocycles. The number of benzene rings is 1. The van der Waals surface area contributed by atoms with E-state index in [-0.39, 0.29) is 5.41 Å². The number of aryl methyl sites for hydroxylation is 2. The summed E-state index contributed by atoms with van der Waals surface area (Å²) in [6, 6.07) is 9.06. The van der Waals surface area contributed by atoms with Crippen molar-refractivity contribution in [1.82, 2.24) is 9.97 Å². The molecule has 3 rings (SSSR count). The normalized spacial score (nSPS) is 17.2. The summed E-state index contributed by atoms with van der Waals surface area (Å²) in [5.74, 6) is 1.07. The Labute approximate surface area is 210 Å². The lowest BCUT2D eigenvalue weighted by Gasteiger charge is -2.29. The van der Waals surface area contributed by atoms with Crippen LogP contribution in [0.1, 0.15) is 146 Å². The van der Waals surface area contributed by atoms with E-state index in [9.17, 15) is 0 Å². The van der Waals surface area contributed by atoms with Gasteiger partial charge in [-0.2, -0.15) is 0 Å². The highest BCUT2D eigenvalue weighted by Gasteiger charge is 2.41. The summed E-state index contributed by atoms with van der Waals surface area (Å²) in [4.78, 5) is 10.0. The molecule has 1 aromatic heterocycles. The van der Waals surface area contributed by atoms with Crippen LogP contribution in [0.15, 0.2) is 36.7 Å². The Bertz CT molecular complexity index is 797. The smallest absolute Gasteiger partial charge is 0.138 e. The molecule has 0 saturated carbocycles. The third-order valence-electron chi connectivity index (χ3n) is 8.01. The minimum absolute atomic E-state index is 0.0255. The summed E-state index contributed by atoms with van der Waals surface area (Å²) in [6.07, 6.45) is 29.3. The van der Waals surface area contributed by atoms with Crippen LogP contribution in [0.2, 0.25) is 0 Å². The molecule has 0 radical (unpaired) electrons. The highest BCUT2D eigenvalue weighted by atomic mass is 14.9. The first-order valence-electron chi connectivity index (χ1n) is 14.7. The second kappa shape index (κ2) is 15.3. The molecular formula is C32H50N2. The van der Waals surface area contributed by atoms with E-state index in [0.717, 1.165) is 18.7 Å². The molecular weight excluding hydrogens is 412 g/mol. The zero-order valence-electron chi connectivity index (χ0n) is 22.3. The fraction of sp³-hybridized carbons (Fsp3) is 0.688. The molecule has 2 heteroatoms. The van der Waals surface area contributed by atoms with Gasteiger partial charge in [0.05, 0.1) is 5.41 Å². The molecule has 1 unspecified atom stereocenters. The fourth-order valence-corrected chi connectivity index (χ4v) is 5.87. The largest absolute Gasteiger partial charge is 0.240 e. The van der Waals surface area contributed by atoms with Gasteiger partial charge in [-0.25, -0.2) is 9.97 Å². The predicted octanol–water partition coefficient (Wildman–Crippen LogP) is 9.53. The van der Waals surface area contributed by atoms with Crippen LogP contribution in [-0.4, -0.2) is 9.97 Å². The Morgan fingerprint density at radius 2 is 1.24 bits per heavy atom. The van der Waals surface area contributed by atoms with Gasteiger partial charge in [-0.1, -0.05) is 128 Å². The summed E-state index contributed by atoms with van der Waals surface area (Å²) in [6.45, 7) is 4.58. The van der Waals surface area contributed by atoms with E-state index in [1.807, 2.05) is 0 Å². The molecule has 0 N–H and O–H groups in total. The molecule has 0 saturated heterocycles. The van der Waals surface area contributed by atoms with Gasteiger partial charge in [0.1, 0.15) is 5.82 Å². The van der Waals surface area contributed by atoms with E-state index in [2.05, 4.69) is 50.5 Å².